The van der Waals surface area contributed by atoms with Crippen LogP contribution in [0.5, 0.6) is 0 Å². The largest absolute Gasteiger partial charge is 0.394 e. The molecule has 1 aliphatic heterocycles. The van der Waals surface area contributed by atoms with Crippen molar-refractivity contribution >= 4 is 0 Å². The van der Waals surface area contributed by atoms with Gasteiger partial charge in [-0.3, -0.25) is 0 Å². The highest BCUT2D eigenvalue weighted by molar-refractivity contribution is 4.97. The second kappa shape index (κ2) is 6.28. The van der Waals surface area contributed by atoms with Crippen LogP contribution in [0.15, 0.2) is 0 Å². The third-order valence-electron chi connectivity index (χ3n) is 4.25. The van der Waals surface area contributed by atoms with Crippen LogP contribution in [0.3, 0.4) is 0 Å². The first-order chi connectivity index (χ1) is 9.03. The fourth-order valence-electron chi connectivity index (χ4n) is 2.78. The smallest absolute Gasteiger partial charge is 0.176 e. The normalized spacial score (nSPS) is 36.1. The zero-order valence-electron chi connectivity index (χ0n) is 13.6. The molecule has 1 saturated heterocycles. The minimum absolute atomic E-state index is 0.151. The third kappa shape index (κ3) is 3.92. The summed E-state index contributed by atoms with van der Waals surface area (Å²) in [5.74, 6) is -0.215. The van der Waals surface area contributed by atoms with Crippen LogP contribution in [0.25, 0.3) is 0 Å². The van der Waals surface area contributed by atoms with E-state index in [1.807, 2.05) is 20.8 Å². The molecule has 0 spiro atoms. The van der Waals surface area contributed by atoms with Gasteiger partial charge in [0.2, 0.25) is 0 Å². The molecule has 0 amide bonds. The van der Waals surface area contributed by atoms with E-state index < -0.39 is 30.1 Å². The first-order valence-corrected chi connectivity index (χ1v) is 7.41. The molecule has 0 aromatic carbocycles. The molecule has 20 heavy (non-hydrogen) atoms. The van der Waals surface area contributed by atoms with Crippen molar-refractivity contribution in [3.05, 3.63) is 0 Å². The summed E-state index contributed by atoms with van der Waals surface area (Å²) in [4.78, 5) is 0. The predicted molar refractivity (Wildman–Crippen MR) is 78.1 cm³/mol. The summed E-state index contributed by atoms with van der Waals surface area (Å²) in [5, 5.41) is 20.2. The second-order valence-electron chi connectivity index (χ2n) is 7.39. The van der Waals surface area contributed by atoms with E-state index in [9.17, 15) is 10.2 Å². The molecule has 0 saturated carbocycles. The van der Waals surface area contributed by atoms with Gasteiger partial charge in [0, 0.05) is 5.92 Å². The van der Waals surface area contributed by atoms with Crippen LogP contribution in [0.4, 0.5) is 0 Å². The molecule has 0 bridgehead atoms. The van der Waals surface area contributed by atoms with Gasteiger partial charge in [-0.05, 0) is 26.2 Å². The molecule has 0 aromatic rings. The molecule has 120 valence electrons. The summed E-state index contributed by atoms with van der Waals surface area (Å²) >= 11 is 0. The molecular formula is C15H31NO4. The number of rotatable bonds is 4. The van der Waals surface area contributed by atoms with Crippen LogP contribution in [0.1, 0.15) is 48.0 Å². The summed E-state index contributed by atoms with van der Waals surface area (Å²) in [6.45, 7) is 11.8. The van der Waals surface area contributed by atoms with E-state index in [2.05, 4.69) is 20.8 Å². The Labute approximate surface area is 122 Å². The van der Waals surface area contributed by atoms with Crippen molar-refractivity contribution in [1.29, 1.82) is 0 Å². The Kier molecular flexibility index (Phi) is 5.60. The number of ether oxygens (including phenoxy) is 2. The van der Waals surface area contributed by atoms with Crippen molar-refractivity contribution in [2.24, 2.45) is 17.1 Å². The van der Waals surface area contributed by atoms with Gasteiger partial charge in [-0.25, -0.2) is 0 Å². The Bertz CT molecular complexity index is 311. The van der Waals surface area contributed by atoms with Gasteiger partial charge in [-0.15, -0.1) is 0 Å². The molecule has 1 rings (SSSR count). The van der Waals surface area contributed by atoms with Crippen LogP contribution in [0.2, 0.25) is 0 Å². The van der Waals surface area contributed by atoms with Crippen LogP contribution >= 0.6 is 0 Å². The van der Waals surface area contributed by atoms with E-state index in [1.54, 1.807) is 0 Å². The van der Waals surface area contributed by atoms with Crippen LogP contribution in [-0.4, -0.2) is 47.0 Å². The molecule has 1 fully saturated rings. The summed E-state index contributed by atoms with van der Waals surface area (Å²) in [6.07, 6.45) is -1.06. The lowest BCUT2D eigenvalue weighted by Gasteiger charge is -2.50. The van der Waals surface area contributed by atoms with E-state index in [-0.39, 0.29) is 17.9 Å². The Morgan fingerprint density at radius 2 is 1.75 bits per heavy atom. The number of hydrogen-bond donors (Lipinski definition) is 3. The highest BCUT2D eigenvalue weighted by atomic mass is 16.7. The molecule has 5 heteroatoms. The minimum Gasteiger partial charge on any atom is -0.394 e. The van der Waals surface area contributed by atoms with Crippen LogP contribution < -0.4 is 5.73 Å². The molecular weight excluding hydrogens is 258 g/mol. The SMILES string of the molecule is CCC(C)(C)C1C(CO)OC(OC(C)(C)C)C(N)C1O. The third-order valence-corrected chi connectivity index (χ3v) is 4.25. The Morgan fingerprint density at radius 3 is 2.15 bits per heavy atom. The van der Waals surface area contributed by atoms with Gasteiger partial charge in [0.1, 0.15) is 0 Å². The standard InChI is InChI=1S/C15H31NO4/c1-7-15(5,6)10-9(8-17)19-13(11(16)12(10)18)20-14(2,3)4/h9-13,17-18H,7-8,16H2,1-6H3. The maximum atomic E-state index is 10.6. The summed E-state index contributed by atoms with van der Waals surface area (Å²) in [6, 6.07) is -0.618. The van der Waals surface area contributed by atoms with Gasteiger partial charge in [0.25, 0.3) is 0 Å². The van der Waals surface area contributed by atoms with E-state index in [1.165, 1.54) is 0 Å². The molecule has 5 atom stereocenters. The zero-order valence-corrected chi connectivity index (χ0v) is 13.6. The predicted octanol–water partition coefficient (Wildman–Crippen LogP) is 1.26. The van der Waals surface area contributed by atoms with Crippen molar-refractivity contribution in [2.45, 2.75) is 78.1 Å². The zero-order chi connectivity index (χ0) is 15.7. The molecule has 0 radical (unpaired) electrons. The Morgan fingerprint density at radius 1 is 1.20 bits per heavy atom. The molecule has 0 aromatic heterocycles. The summed E-state index contributed by atoms with van der Waals surface area (Å²) in [5.41, 5.74) is 5.52. The topological polar surface area (TPSA) is 84.9 Å². The van der Waals surface area contributed by atoms with Crippen molar-refractivity contribution in [3.63, 3.8) is 0 Å². The summed E-state index contributed by atoms with van der Waals surface area (Å²) in [7, 11) is 0. The van der Waals surface area contributed by atoms with E-state index in [4.69, 9.17) is 15.2 Å². The lowest BCUT2D eigenvalue weighted by molar-refractivity contribution is -0.290. The molecule has 5 unspecified atom stereocenters. The summed E-state index contributed by atoms with van der Waals surface area (Å²) < 4.78 is 11.6. The van der Waals surface area contributed by atoms with Crippen molar-refractivity contribution in [3.8, 4) is 0 Å². The minimum atomic E-state index is -0.761. The van der Waals surface area contributed by atoms with Crippen molar-refractivity contribution in [1.82, 2.24) is 0 Å². The fraction of sp³-hybridized carbons (Fsp3) is 1.00. The molecule has 0 aliphatic carbocycles. The second-order valence-corrected chi connectivity index (χ2v) is 7.39. The van der Waals surface area contributed by atoms with Gasteiger partial charge >= 0.3 is 0 Å². The average Bonchev–Trinajstić information content (AvgIpc) is 2.32. The van der Waals surface area contributed by atoms with Gasteiger partial charge in [0.05, 0.1) is 30.5 Å². The van der Waals surface area contributed by atoms with Gasteiger partial charge in [-0.2, -0.15) is 0 Å². The number of hydrogen-bond acceptors (Lipinski definition) is 5. The highest BCUT2D eigenvalue weighted by Crippen LogP contribution is 2.41. The van der Waals surface area contributed by atoms with E-state index in [0.29, 0.717) is 0 Å². The van der Waals surface area contributed by atoms with Crippen LogP contribution in [0, 0.1) is 11.3 Å². The first-order valence-electron chi connectivity index (χ1n) is 7.41. The van der Waals surface area contributed by atoms with Gasteiger partial charge < -0.3 is 25.4 Å². The Hall–Kier alpha value is -0.200. The van der Waals surface area contributed by atoms with Crippen molar-refractivity contribution in [2.75, 3.05) is 6.61 Å². The number of aliphatic hydroxyl groups is 2. The number of nitrogens with two attached hydrogens (primary N) is 1. The molecule has 1 heterocycles. The van der Waals surface area contributed by atoms with Crippen LogP contribution in [-0.2, 0) is 9.47 Å². The lowest BCUT2D eigenvalue weighted by atomic mass is 9.68. The lowest BCUT2D eigenvalue weighted by Crippen LogP contribution is -2.63. The molecule has 1 aliphatic rings. The number of aliphatic hydroxyl groups excluding tert-OH is 2. The van der Waals surface area contributed by atoms with Crippen molar-refractivity contribution < 1.29 is 19.7 Å². The maximum Gasteiger partial charge on any atom is 0.176 e. The van der Waals surface area contributed by atoms with Gasteiger partial charge in [0.15, 0.2) is 6.29 Å². The maximum absolute atomic E-state index is 10.6. The van der Waals surface area contributed by atoms with Gasteiger partial charge in [-0.1, -0.05) is 27.2 Å². The quantitative estimate of drug-likeness (QED) is 0.725. The fourth-order valence-corrected chi connectivity index (χ4v) is 2.78. The average molecular weight is 289 g/mol. The van der Waals surface area contributed by atoms with E-state index >= 15 is 0 Å². The van der Waals surface area contributed by atoms with E-state index in [0.717, 1.165) is 6.42 Å². The molecule has 4 N–H and O–H groups in total. The monoisotopic (exact) mass is 289 g/mol. The Balaban J connectivity index is 2.95. The highest BCUT2D eigenvalue weighted by Gasteiger charge is 2.50. The molecule has 5 nitrogen and oxygen atoms in total. The first kappa shape index (κ1) is 17.9.